The highest BCUT2D eigenvalue weighted by Gasteiger charge is 2.22. The first kappa shape index (κ1) is 12.5. The van der Waals surface area contributed by atoms with Crippen molar-refractivity contribution in [1.82, 2.24) is 0 Å². The lowest BCUT2D eigenvalue weighted by molar-refractivity contribution is 0.129. The Kier molecular flexibility index (Phi) is 4.58. The van der Waals surface area contributed by atoms with Crippen LogP contribution in [-0.4, -0.2) is 19.3 Å². The molecule has 1 unspecified atom stereocenters. The second kappa shape index (κ2) is 5.50. The van der Waals surface area contributed by atoms with Crippen molar-refractivity contribution in [3.05, 3.63) is 34.9 Å². The van der Waals surface area contributed by atoms with Gasteiger partial charge in [-0.15, -0.1) is 0 Å². The fourth-order valence-electron chi connectivity index (χ4n) is 1.57. The van der Waals surface area contributed by atoms with Gasteiger partial charge in [-0.2, -0.15) is 0 Å². The molecule has 0 bridgehead atoms. The first-order valence-corrected chi connectivity index (χ1v) is 5.50. The molecule has 3 heteroatoms. The largest absolute Gasteiger partial charge is 0.383 e. The molecule has 2 N–H and O–H groups in total. The van der Waals surface area contributed by atoms with Gasteiger partial charge < -0.3 is 10.5 Å². The van der Waals surface area contributed by atoms with E-state index < -0.39 is 0 Å². The Labute approximate surface area is 96.4 Å². The van der Waals surface area contributed by atoms with Crippen molar-refractivity contribution in [1.29, 1.82) is 0 Å². The molecule has 0 heterocycles. The lowest BCUT2D eigenvalue weighted by Crippen LogP contribution is -2.45. The van der Waals surface area contributed by atoms with Gasteiger partial charge in [-0.3, -0.25) is 0 Å². The third-order valence-electron chi connectivity index (χ3n) is 2.61. The van der Waals surface area contributed by atoms with Gasteiger partial charge in [0, 0.05) is 17.7 Å². The molecule has 0 aliphatic heterocycles. The van der Waals surface area contributed by atoms with Crippen LogP contribution in [0, 0.1) is 0 Å². The van der Waals surface area contributed by atoms with Crippen LogP contribution in [0.4, 0.5) is 0 Å². The quantitative estimate of drug-likeness (QED) is 0.840. The van der Waals surface area contributed by atoms with Gasteiger partial charge in [-0.05, 0) is 30.5 Å². The van der Waals surface area contributed by atoms with Crippen molar-refractivity contribution >= 4 is 11.6 Å². The normalized spacial score (nSPS) is 14.9. The maximum Gasteiger partial charge on any atom is 0.0645 e. The fourth-order valence-corrected chi connectivity index (χ4v) is 1.70. The first-order valence-electron chi connectivity index (χ1n) is 5.12. The zero-order chi connectivity index (χ0) is 11.3. The third-order valence-corrected chi connectivity index (χ3v) is 2.86. The summed E-state index contributed by atoms with van der Waals surface area (Å²) < 4.78 is 5.14. The van der Waals surface area contributed by atoms with Gasteiger partial charge in [0.2, 0.25) is 0 Å². The molecule has 1 aromatic rings. The number of nitrogens with two attached hydrogens (primary N) is 1. The summed E-state index contributed by atoms with van der Waals surface area (Å²) in [5, 5.41) is 0.754. The van der Waals surface area contributed by atoms with E-state index >= 15 is 0 Å². The number of hydrogen-bond donors (Lipinski definition) is 1. The lowest BCUT2D eigenvalue weighted by Gasteiger charge is -2.27. The molecule has 0 radical (unpaired) electrons. The predicted molar refractivity (Wildman–Crippen MR) is 64.2 cm³/mol. The summed E-state index contributed by atoms with van der Waals surface area (Å²) in [4.78, 5) is 0. The Bertz CT molecular complexity index is 299. The predicted octanol–water partition coefficient (Wildman–Crippen LogP) is 2.64. The number of halogens is 1. The summed E-state index contributed by atoms with van der Waals surface area (Å²) in [7, 11) is 1.68. The molecule has 0 amide bonds. The molecule has 1 rings (SSSR count). The zero-order valence-corrected chi connectivity index (χ0v) is 10.1. The van der Waals surface area contributed by atoms with Gasteiger partial charge in [-0.1, -0.05) is 30.7 Å². The van der Waals surface area contributed by atoms with E-state index in [-0.39, 0.29) is 5.54 Å². The summed E-state index contributed by atoms with van der Waals surface area (Å²) in [5.41, 5.74) is 7.14. The summed E-state index contributed by atoms with van der Waals surface area (Å²) in [6, 6.07) is 7.80. The van der Waals surface area contributed by atoms with Crippen molar-refractivity contribution in [3.63, 3.8) is 0 Å². The molecule has 15 heavy (non-hydrogen) atoms. The highest BCUT2D eigenvalue weighted by molar-refractivity contribution is 6.30. The van der Waals surface area contributed by atoms with Gasteiger partial charge in [0.05, 0.1) is 6.61 Å². The highest BCUT2D eigenvalue weighted by atomic mass is 35.5. The van der Waals surface area contributed by atoms with Gasteiger partial charge in [0.25, 0.3) is 0 Å². The lowest BCUT2D eigenvalue weighted by atomic mass is 9.90. The van der Waals surface area contributed by atoms with Gasteiger partial charge in [-0.25, -0.2) is 0 Å². The monoisotopic (exact) mass is 227 g/mol. The Morgan fingerprint density at radius 3 is 2.40 bits per heavy atom. The van der Waals surface area contributed by atoms with E-state index in [1.807, 2.05) is 24.3 Å². The first-order chi connectivity index (χ1) is 7.09. The molecule has 0 saturated heterocycles. The van der Waals surface area contributed by atoms with E-state index in [0.29, 0.717) is 6.61 Å². The molecule has 0 spiro atoms. The minimum Gasteiger partial charge on any atom is -0.383 e. The molecular weight excluding hydrogens is 210 g/mol. The molecule has 0 fully saturated rings. The standard InChI is InChI=1S/C12H18ClNO/c1-3-12(14,9-15-2)8-10-4-6-11(13)7-5-10/h4-7H,3,8-9,14H2,1-2H3. The molecule has 84 valence electrons. The van der Waals surface area contributed by atoms with Crippen LogP contribution < -0.4 is 5.73 Å². The van der Waals surface area contributed by atoms with E-state index in [0.717, 1.165) is 17.9 Å². The summed E-state index contributed by atoms with van der Waals surface area (Å²) in [6.07, 6.45) is 1.71. The molecule has 1 aromatic carbocycles. The highest BCUT2D eigenvalue weighted by Crippen LogP contribution is 2.17. The molecule has 1 atom stereocenters. The van der Waals surface area contributed by atoms with Crippen molar-refractivity contribution in [2.45, 2.75) is 25.3 Å². The van der Waals surface area contributed by atoms with Crippen LogP contribution >= 0.6 is 11.6 Å². The average Bonchev–Trinajstić information content (AvgIpc) is 2.22. The van der Waals surface area contributed by atoms with Gasteiger partial charge in [0.1, 0.15) is 0 Å². The number of ether oxygens (including phenoxy) is 1. The van der Waals surface area contributed by atoms with Gasteiger partial charge in [0.15, 0.2) is 0 Å². The zero-order valence-electron chi connectivity index (χ0n) is 9.29. The third kappa shape index (κ3) is 3.82. The van der Waals surface area contributed by atoms with Crippen LogP contribution in [0.25, 0.3) is 0 Å². The maximum absolute atomic E-state index is 6.22. The summed E-state index contributed by atoms with van der Waals surface area (Å²) in [6.45, 7) is 2.65. The van der Waals surface area contributed by atoms with Crippen molar-refractivity contribution in [2.24, 2.45) is 5.73 Å². The van der Waals surface area contributed by atoms with E-state index in [9.17, 15) is 0 Å². The van der Waals surface area contributed by atoms with Crippen LogP contribution in [0.15, 0.2) is 24.3 Å². The number of rotatable bonds is 5. The summed E-state index contributed by atoms with van der Waals surface area (Å²) in [5.74, 6) is 0. The Morgan fingerprint density at radius 1 is 1.33 bits per heavy atom. The van der Waals surface area contributed by atoms with Gasteiger partial charge >= 0.3 is 0 Å². The molecular formula is C12H18ClNO. The minimum absolute atomic E-state index is 0.275. The maximum atomic E-state index is 6.22. The van der Waals surface area contributed by atoms with Crippen LogP contribution in [0.3, 0.4) is 0 Å². The number of methoxy groups -OCH3 is 1. The second-order valence-corrected chi connectivity index (χ2v) is 4.39. The molecule has 0 saturated carbocycles. The smallest absolute Gasteiger partial charge is 0.0645 e. The van der Waals surface area contributed by atoms with Crippen molar-refractivity contribution in [3.8, 4) is 0 Å². The topological polar surface area (TPSA) is 35.2 Å². The number of hydrogen-bond acceptors (Lipinski definition) is 2. The van der Waals surface area contributed by atoms with E-state index in [1.165, 1.54) is 5.56 Å². The SMILES string of the molecule is CCC(N)(COC)Cc1ccc(Cl)cc1. The molecule has 0 aliphatic rings. The summed E-state index contributed by atoms with van der Waals surface area (Å²) >= 11 is 5.82. The Morgan fingerprint density at radius 2 is 1.93 bits per heavy atom. The van der Waals surface area contributed by atoms with E-state index in [4.69, 9.17) is 22.1 Å². The van der Waals surface area contributed by atoms with Crippen molar-refractivity contribution < 1.29 is 4.74 Å². The van der Waals surface area contributed by atoms with E-state index in [2.05, 4.69) is 6.92 Å². The van der Waals surface area contributed by atoms with Crippen LogP contribution in [-0.2, 0) is 11.2 Å². The van der Waals surface area contributed by atoms with Crippen LogP contribution in [0.1, 0.15) is 18.9 Å². The number of benzene rings is 1. The molecule has 0 aromatic heterocycles. The van der Waals surface area contributed by atoms with Crippen LogP contribution in [0.5, 0.6) is 0 Å². The molecule has 2 nitrogen and oxygen atoms in total. The fraction of sp³-hybridized carbons (Fsp3) is 0.500. The Hall–Kier alpha value is -0.570. The Balaban J connectivity index is 2.70. The average molecular weight is 228 g/mol. The second-order valence-electron chi connectivity index (χ2n) is 3.95. The van der Waals surface area contributed by atoms with Crippen LogP contribution in [0.2, 0.25) is 5.02 Å². The minimum atomic E-state index is -0.275. The molecule has 0 aliphatic carbocycles. The van der Waals surface area contributed by atoms with E-state index in [1.54, 1.807) is 7.11 Å². The van der Waals surface area contributed by atoms with Crippen molar-refractivity contribution in [2.75, 3.05) is 13.7 Å².